The maximum Gasteiger partial charge on any atom is 0.179 e. The first-order valence-electron chi connectivity index (χ1n) is 3.19. The van der Waals surface area contributed by atoms with Gasteiger partial charge in [-0.15, -0.1) is 11.3 Å². The molecule has 0 aliphatic heterocycles. The highest BCUT2D eigenvalue weighted by atomic mass is 32.1. The zero-order valence-corrected chi connectivity index (χ0v) is 6.67. The van der Waals surface area contributed by atoms with E-state index in [0.29, 0.717) is 13.0 Å². The molecule has 1 aromatic rings. The summed E-state index contributed by atoms with van der Waals surface area (Å²) in [5, 5.41) is -0.0806. The number of nitrogens with two attached hydrogens (primary N) is 1. The highest BCUT2D eigenvalue weighted by Crippen LogP contribution is 2.19. The zero-order chi connectivity index (χ0) is 7.56. The van der Waals surface area contributed by atoms with Crippen molar-refractivity contribution in [2.24, 2.45) is 5.73 Å². The van der Waals surface area contributed by atoms with E-state index in [1.807, 2.05) is 13.0 Å². The van der Waals surface area contributed by atoms with Crippen LogP contribution in [0.15, 0.2) is 6.07 Å². The molecule has 0 aliphatic carbocycles. The van der Waals surface area contributed by atoms with Gasteiger partial charge in [0, 0.05) is 10.4 Å². The third-order valence-corrected chi connectivity index (χ3v) is 2.18. The Labute approximate surface area is 63.7 Å². The van der Waals surface area contributed by atoms with Crippen molar-refractivity contribution in [2.75, 3.05) is 6.54 Å². The summed E-state index contributed by atoms with van der Waals surface area (Å²) < 4.78 is 12.8. The lowest BCUT2D eigenvalue weighted by Gasteiger charge is -1.89. The molecule has 10 heavy (non-hydrogen) atoms. The van der Waals surface area contributed by atoms with Crippen LogP contribution < -0.4 is 5.73 Å². The van der Waals surface area contributed by atoms with Gasteiger partial charge < -0.3 is 5.73 Å². The van der Waals surface area contributed by atoms with Gasteiger partial charge in [-0.05, 0) is 26.0 Å². The number of hydrogen-bond acceptors (Lipinski definition) is 2. The van der Waals surface area contributed by atoms with E-state index >= 15 is 0 Å². The Balaban J connectivity index is 2.81. The third-order valence-electron chi connectivity index (χ3n) is 1.29. The van der Waals surface area contributed by atoms with Crippen molar-refractivity contribution in [2.45, 2.75) is 13.3 Å². The van der Waals surface area contributed by atoms with Gasteiger partial charge in [-0.2, -0.15) is 4.39 Å². The van der Waals surface area contributed by atoms with Gasteiger partial charge in [0.2, 0.25) is 0 Å². The Morgan fingerprint density at radius 2 is 2.40 bits per heavy atom. The van der Waals surface area contributed by atoms with Crippen molar-refractivity contribution in [1.29, 1.82) is 0 Å². The summed E-state index contributed by atoms with van der Waals surface area (Å²) in [5.74, 6) is 0. The Hall–Kier alpha value is -0.410. The smallest absolute Gasteiger partial charge is 0.179 e. The first-order chi connectivity index (χ1) is 4.74. The predicted molar refractivity (Wildman–Crippen MR) is 41.8 cm³/mol. The molecule has 0 spiro atoms. The first-order valence-corrected chi connectivity index (χ1v) is 4.00. The summed E-state index contributed by atoms with van der Waals surface area (Å²) in [4.78, 5) is 1.01. The zero-order valence-electron chi connectivity index (χ0n) is 5.86. The quantitative estimate of drug-likeness (QED) is 0.698. The van der Waals surface area contributed by atoms with Crippen molar-refractivity contribution in [1.82, 2.24) is 0 Å². The van der Waals surface area contributed by atoms with Gasteiger partial charge in [-0.3, -0.25) is 0 Å². The lowest BCUT2D eigenvalue weighted by molar-refractivity contribution is 0.639. The van der Waals surface area contributed by atoms with Gasteiger partial charge in [-0.1, -0.05) is 0 Å². The highest BCUT2D eigenvalue weighted by Gasteiger charge is 2.03. The van der Waals surface area contributed by atoms with Crippen molar-refractivity contribution < 1.29 is 4.39 Å². The topological polar surface area (TPSA) is 26.0 Å². The van der Waals surface area contributed by atoms with E-state index in [1.54, 1.807) is 0 Å². The van der Waals surface area contributed by atoms with Gasteiger partial charge >= 0.3 is 0 Å². The number of rotatable bonds is 2. The van der Waals surface area contributed by atoms with Gasteiger partial charge in [0.25, 0.3) is 0 Å². The SMILES string of the molecule is Cc1cc(CCN)c(F)s1. The van der Waals surface area contributed by atoms with Gasteiger partial charge in [-0.25, -0.2) is 0 Å². The summed E-state index contributed by atoms with van der Waals surface area (Å²) >= 11 is 1.19. The maximum absolute atomic E-state index is 12.8. The van der Waals surface area contributed by atoms with E-state index < -0.39 is 0 Å². The Morgan fingerprint density at radius 3 is 2.80 bits per heavy atom. The van der Waals surface area contributed by atoms with Crippen LogP contribution in [0, 0.1) is 12.1 Å². The Kier molecular flexibility index (Phi) is 2.40. The van der Waals surface area contributed by atoms with Gasteiger partial charge in [0.1, 0.15) is 0 Å². The van der Waals surface area contributed by atoms with Crippen molar-refractivity contribution in [3.05, 3.63) is 21.6 Å². The fourth-order valence-corrected chi connectivity index (χ4v) is 1.64. The molecular formula is C7H10FNS. The number of thiophene rings is 1. The summed E-state index contributed by atoms with van der Waals surface area (Å²) in [6.45, 7) is 2.42. The summed E-state index contributed by atoms with van der Waals surface area (Å²) in [6.07, 6.45) is 0.649. The molecule has 0 radical (unpaired) electrons. The minimum Gasteiger partial charge on any atom is -0.330 e. The standard InChI is InChI=1S/C7H10FNS/c1-5-4-6(2-3-9)7(8)10-5/h4H,2-3,9H2,1H3. The van der Waals surface area contributed by atoms with Gasteiger partial charge in [0.15, 0.2) is 5.13 Å². The van der Waals surface area contributed by atoms with Crippen LogP contribution in [-0.2, 0) is 6.42 Å². The lowest BCUT2D eigenvalue weighted by Crippen LogP contribution is -2.02. The molecule has 0 atom stereocenters. The van der Waals surface area contributed by atoms with Crippen LogP contribution in [0.2, 0.25) is 0 Å². The second kappa shape index (κ2) is 3.12. The third kappa shape index (κ3) is 1.55. The predicted octanol–water partition coefficient (Wildman–Crippen LogP) is 1.70. The van der Waals surface area contributed by atoms with Crippen molar-refractivity contribution >= 4 is 11.3 Å². The molecule has 1 heterocycles. The van der Waals surface area contributed by atoms with E-state index in [2.05, 4.69) is 0 Å². The van der Waals surface area contributed by atoms with Crippen molar-refractivity contribution in [3.8, 4) is 0 Å². The normalized spacial score (nSPS) is 10.3. The summed E-state index contributed by atoms with van der Waals surface area (Å²) in [5.41, 5.74) is 6.03. The van der Waals surface area contributed by atoms with E-state index in [1.165, 1.54) is 11.3 Å². The first kappa shape index (κ1) is 7.69. The fraction of sp³-hybridized carbons (Fsp3) is 0.429. The molecule has 0 saturated heterocycles. The molecule has 1 rings (SSSR count). The van der Waals surface area contributed by atoms with E-state index in [-0.39, 0.29) is 5.13 Å². The van der Waals surface area contributed by atoms with Crippen LogP contribution in [0.3, 0.4) is 0 Å². The number of halogens is 1. The molecular weight excluding hydrogens is 149 g/mol. The van der Waals surface area contributed by atoms with Gasteiger partial charge in [0.05, 0.1) is 0 Å². The van der Waals surface area contributed by atoms with Crippen LogP contribution >= 0.6 is 11.3 Å². The molecule has 0 unspecified atom stereocenters. The fourth-order valence-electron chi connectivity index (χ4n) is 0.864. The van der Waals surface area contributed by atoms with Crippen LogP contribution in [0.1, 0.15) is 10.4 Å². The molecule has 0 amide bonds. The minimum atomic E-state index is -0.0806. The average Bonchev–Trinajstić information content (AvgIpc) is 2.13. The molecule has 1 nitrogen and oxygen atoms in total. The Bertz CT molecular complexity index is 219. The highest BCUT2D eigenvalue weighted by molar-refractivity contribution is 7.10. The minimum absolute atomic E-state index is 0.0806. The molecule has 2 N–H and O–H groups in total. The van der Waals surface area contributed by atoms with Crippen LogP contribution in [-0.4, -0.2) is 6.54 Å². The van der Waals surface area contributed by atoms with Crippen LogP contribution in [0.5, 0.6) is 0 Å². The Morgan fingerprint density at radius 1 is 1.70 bits per heavy atom. The van der Waals surface area contributed by atoms with Crippen LogP contribution in [0.4, 0.5) is 4.39 Å². The van der Waals surface area contributed by atoms with E-state index in [0.717, 1.165) is 10.4 Å². The second-order valence-corrected chi connectivity index (χ2v) is 3.40. The molecule has 0 bridgehead atoms. The molecule has 0 fully saturated rings. The number of aryl methyl sites for hydroxylation is 1. The molecule has 56 valence electrons. The number of hydrogen-bond donors (Lipinski definition) is 1. The van der Waals surface area contributed by atoms with E-state index in [9.17, 15) is 4.39 Å². The molecule has 0 aliphatic rings. The molecule has 0 saturated carbocycles. The monoisotopic (exact) mass is 159 g/mol. The average molecular weight is 159 g/mol. The second-order valence-electron chi connectivity index (χ2n) is 2.19. The largest absolute Gasteiger partial charge is 0.330 e. The molecule has 0 aromatic carbocycles. The molecule has 1 aromatic heterocycles. The van der Waals surface area contributed by atoms with E-state index in [4.69, 9.17) is 5.73 Å². The molecule has 3 heteroatoms. The van der Waals surface area contributed by atoms with Crippen molar-refractivity contribution in [3.63, 3.8) is 0 Å². The van der Waals surface area contributed by atoms with Crippen LogP contribution in [0.25, 0.3) is 0 Å². The summed E-state index contributed by atoms with van der Waals surface area (Å²) in [7, 11) is 0. The lowest BCUT2D eigenvalue weighted by atomic mass is 10.2. The summed E-state index contributed by atoms with van der Waals surface area (Å²) in [6, 6.07) is 1.85. The maximum atomic E-state index is 12.8.